The van der Waals surface area contributed by atoms with Gasteiger partial charge in [-0.2, -0.15) is 0 Å². The molecule has 0 aliphatic carbocycles. The molecule has 1 aromatic carbocycles. The Bertz CT molecular complexity index is 676. The number of anilines is 1. The van der Waals surface area contributed by atoms with Crippen molar-refractivity contribution in [1.82, 2.24) is 20.2 Å². The number of nitrogens with zero attached hydrogens (tertiary/aromatic N) is 4. The summed E-state index contributed by atoms with van der Waals surface area (Å²) in [7, 11) is 0. The van der Waals surface area contributed by atoms with Crippen LogP contribution in [0, 0.1) is 0 Å². The molecule has 21 heavy (non-hydrogen) atoms. The Morgan fingerprint density at radius 1 is 1.19 bits per heavy atom. The van der Waals surface area contributed by atoms with Gasteiger partial charge in [0.1, 0.15) is 5.75 Å². The highest BCUT2D eigenvalue weighted by Crippen LogP contribution is 2.16. The number of hydrogen-bond acceptors (Lipinski definition) is 6. The maximum atomic E-state index is 5.63. The molecule has 7 nitrogen and oxygen atoms in total. The van der Waals surface area contributed by atoms with E-state index in [0.29, 0.717) is 24.7 Å². The second-order valence-electron chi connectivity index (χ2n) is 4.47. The monoisotopic (exact) mass is 285 g/mol. The zero-order valence-electron chi connectivity index (χ0n) is 11.3. The Hall–Kier alpha value is -2.83. The molecular weight excluding hydrogens is 270 g/mol. The summed E-state index contributed by atoms with van der Waals surface area (Å²) in [4.78, 5) is 0. The summed E-state index contributed by atoms with van der Waals surface area (Å²) in [5.41, 5.74) is 6.34. The number of nitrogens with two attached hydrogens (primary N) is 1. The van der Waals surface area contributed by atoms with Gasteiger partial charge in [-0.15, -0.1) is 5.10 Å². The normalized spacial score (nSPS) is 10.7. The van der Waals surface area contributed by atoms with Gasteiger partial charge in [-0.1, -0.05) is 0 Å². The van der Waals surface area contributed by atoms with E-state index in [9.17, 15) is 0 Å². The first kappa shape index (κ1) is 13.2. The van der Waals surface area contributed by atoms with Crippen LogP contribution in [0.15, 0.2) is 47.1 Å². The zero-order chi connectivity index (χ0) is 14.5. The van der Waals surface area contributed by atoms with Crippen molar-refractivity contribution in [2.45, 2.75) is 13.0 Å². The third-order valence-electron chi connectivity index (χ3n) is 2.94. The fraction of sp³-hybridized carbons (Fsp3) is 0.214. The topological polar surface area (TPSA) is 92.0 Å². The van der Waals surface area contributed by atoms with Crippen LogP contribution in [0.2, 0.25) is 0 Å². The molecule has 0 amide bonds. The lowest BCUT2D eigenvalue weighted by Crippen LogP contribution is -2.07. The number of tetrazole rings is 1. The molecule has 0 radical (unpaired) electrons. The van der Waals surface area contributed by atoms with Crippen molar-refractivity contribution in [3.05, 3.63) is 42.7 Å². The molecule has 3 aromatic rings. The third kappa shape index (κ3) is 3.19. The standard InChI is InChI=1S/C14H15N5O2/c15-11-4-6-12(7-5-11)20-10-2-8-19-14(16-17-18-19)13-3-1-9-21-13/h1,3-7,9H,2,8,10,15H2. The van der Waals surface area contributed by atoms with Gasteiger partial charge in [0.15, 0.2) is 5.76 Å². The predicted octanol–water partition coefficient (Wildman–Crippen LogP) is 1.98. The number of hydrogen-bond donors (Lipinski definition) is 1. The minimum absolute atomic E-state index is 0.571. The molecule has 0 unspecified atom stereocenters. The second-order valence-corrected chi connectivity index (χ2v) is 4.47. The van der Waals surface area contributed by atoms with E-state index >= 15 is 0 Å². The maximum absolute atomic E-state index is 5.63. The van der Waals surface area contributed by atoms with Crippen molar-refractivity contribution in [2.75, 3.05) is 12.3 Å². The Kier molecular flexibility index (Phi) is 3.81. The smallest absolute Gasteiger partial charge is 0.217 e. The molecule has 2 N–H and O–H groups in total. The molecule has 3 rings (SSSR count). The first-order valence-electron chi connectivity index (χ1n) is 6.61. The highest BCUT2D eigenvalue weighted by atomic mass is 16.5. The maximum Gasteiger partial charge on any atom is 0.217 e. The summed E-state index contributed by atoms with van der Waals surface area (Å²) in [6.45, 7) is 1.22. The first-order chi connectivity index (χ1) is 10.3. The zero-order valence-corrected chi connectivity index (χ0v) is 11.3. The van der Waals surface area contributed by atoms with Gasteiger partial charge in [-0.25, -0.2) is 4.68 Å². The van der Waals surface area contributed by atoms with E-state index in [2.05, 4.69) is 15.5 Å². The first-order valence-corrected chi connectivity index (χ1v) is 6.61. The number of nitrogen functional groups attached to an aromatic ring is 1. The van der Waals surface area contributed by atoms with Crippen LogP contribution in [-0.2, 0) is 6.54 Å². The van der Waals surface area contributed by atoms with Gasteiger partial charge in [0, 0.05) is 18.7 Å². The average Bonchev–Trinajstić information content (AvgIpc) is 3.16. The summed E-state index contributed by atoms with van der Waals surface area (Å²) in [6, 6.07) is 10.9. The highest BCUT2D eigenvalue weighted by molar-refractivity contribution is 5.45. The number of furan rings is 1. The quantitative estimate of drug-likeness (QED) is 0.550. The van der Waals surface area contributed by atoms with Gasteiger partial charge in [-0.05, 0) is 46.8 Å². The van der Waals surface area contributed by atoms with E-state index in [4.69, 9.17) is 14.9 Å². The van der Waals surface area contributed by atoms with Crippen LogP contribution in [0.1, 0.15) is 6.42 Å². The molecule has 2 aromatic heterocycles. The van der Waals surface area contributed by atoms with Gasteiger partial charge < -0.3 is 14.9 Å². The van der Waals surface area contributed by atoms with Gasteiger partial charge >= 0.3 is 0 Å². The Morgan fingerprint density at radius 3 is 2.81 bits per heavy atom. The van der Waals surface area contributed by atoms with Gasteiger partial charge in [0.05, 0.1) is 12.9 Å². The van der Waals surface area contributed by atoms with Gasteiger partial charge in [-0.3, -0.25) is 0 Å². The molecule has 0 atom stereocenters. The Balaban J connectivity index is 1.52. The fourth-order valence-electron chi connectivity index (χ4n) is 1.91. The van der Waals surface area contributed by atoms with E-state index in [1.165, 1.54) is 0 Å². The summed E-state index contributed by atoms with van der Waals surface area (Å²) < 4.78 is 12.6. The molecule has 0 spiro atoms. The van der Waals surface area contributed by atoms with E-state index in [-0.39, 0.29) is 0 Å². The summed E-state index contributed by atoms with van der Waals surface area (Å²) in [5, 5.41) is 11.6. The summed E-state index contributed by atoms with van der Waals surface area (Å²) in [6.07, 6.45) is 2.38. The van der Waals surface area contributed by atoms with E-state index in [0.717, 1.165) is 17.9 Å². The van der Waals surface area contributed by atoms with Crippen LogP contribution >= 0.6 is 0 Å². The van der Waals surface area contributed by atoms with Crippen LogP contribution < -0.4 is 10.5 Å². The highest BCUT2D eigenvalue weighted by Gasteiger charge is 2.10. The number of aryl methyl sites for hydroxylation is 1. The molecule has 108 valence electrons. The molecule has 0 aliphatic rings. The van der Waals surface area contributed by atoms with Crippen LogP contribution in [0.5, 0.6) is 5.75 Å². The third-order valence-corrected chi connectivity index (χ3v) is 2.94. The summed E-state index contributed by atoms with van der Waals surface area (Å²) in [5.74, 6) is 2.07. The number of ether oxygens (including phenoxy) is 1. The lowest BCUT2D eigenvalue weighted by Gasteiger charge is -2.06. The minimum atomic E-state index is 0.571. The fourth-order valence-corrected chi connectivity index (χ4v) is 1.91. The van der Waals surface area contributed by atoms with Crippen molar-refractivity contribution in [2.24, 2.45) is 0 Å². The molecule has 0 saturated heterocycles. The molecule has 0 saturated carbocycles. The minimum Gasteiger partial charge on any atom is -0.494 e. The lowest BCUT2D eigenvalue weighted by molar-refractivity contribution is 0.298. The van der Waals surface area contributed by atoms with E-state index in [1.807, 2.05) is 30.3 Å². The number of benzene rings is 1. The Labute approximate surface area is 121 Å². The van der Waals surface area contributed by atoms with E-state index in [1.54, 1.807) is 17.0 Å². The molecule has 0 aliphatic heterocycles. The lowest BCUT2D eigenvalue weighted by atomic mass is 10.3. The molecule has 7 heteroatoms. The van der Waals surface area contributed by atoms with Crippen molar-refractivity contribution >= 4 is 5.69 Å². The van der Waals surface area contributed by atoms with E-state index < -0.39 is 0 Å². The Morgan fingerprint density at radius 2 is 2.05 bits per heavy atom. The van der Waals surface area contributed by atoms with Gasteiger partial charge in [0.25, 0.3) is 0 Å². The number of aromatic nitrogens is 4. The van der Waals surface area contributed by atoms with Crippen molar-refractivity contribution in [1.29, 1.82) is 0 Å². The molecule has 2 heterocycles. The number of rotatable bonds is 6. The van der Waals surface area contributed by atoms with Crippen LogP contribution in [0.25, 0.3) is 11.6 Å². The van der Waals surface area contributed by atoms with Crippen molar-refractivity contribution in [3.63, 3.8) is 0 Å². The SMILES string of the molecule is Nc1ccc(OCCCn2nnnc2-c2ccco2)cc1. The molecular formula is C14H15N5O2. The van der Waals surface area contributed by atoms with Crippen LogP contribution in [0.4, 0.5) is 5.69 Å². The second kappa shape index (κ2) is 6.08. The van der Waals surface area contributed by atoms with Crippen LogP contribution in [0.3, 0.4) is 0 Å². The summed E-state index contributed by atoms with van der Waals surface area (Å²) >= 11 is 0. The van der Waals surface area contributed by atoms with Crippen LogP contribution in [-0.4, -0.2) is 26.8 Å². The largest absolute Gasteiger partial charge is 0.494 e. The molecule has 0 fully saturated rings. The van der Waals surface area contributed by atoms with Gasteiger partial charge in [0.2, 0.25) is 5.82 Å². The van der Waals surface area contributed by atoms with Crippen molar-refractivity contribution < 1.29 is 9.15 Å². The predicted molar refractivity (Wildman–Crippen MR) is 76.5 cm³/mol. The molecule has 0 bridgehead atoms. The average molecular weight is 285 g/mol. The van der Waals surface area contributed by atoms with Crippen molar-refractivity contribution in [3.8, 4) is 17.3 Å².